The van der Waals surface area contributed by atoms with Crippen LogP contribution < -0.4 is 10.6 Å². The SMILES string of the molecule is CC(=S)NCc1cc(C(C=N)=C[NH2+]c2c(Cl)cc(C(F)(C(F)(F)F)C(F)(F)F)cc2Cl)ccc1Cl. The van der Waals surface area contributed by atoms with Crippen LogP contribution in [0.3, 0.4) is 0 Å². The van der Waals surface area contributed by atoms with Gasteiger partial charge in [-0.25, -0.2) is 4.39 Å². The minimum Gasteiger partial charge on any atom is -0.376 e. The lowest BCUT2D eigenvalue weighted by molar-refractivity contribution is -0.495. The van der Waals surface area contributed by atoms with E-state index >= 15 is 0 Å². The first kappa shape index (κ1) is 29.3. The highest BCUT2D eigenvalue weighted by atomic mass is 35.5. The van der Waals surface area contributed by atoms with E-state index in [1.807, 2.05) is 0 Å². The maximum Gasteiger partial charge on any atom is 0.435 e. The molecule has 0 aliphatic carbocycles. The zero-order valence-electron chi connectivity index (χ0n) is 17.5. The molecule has 0 fully saturated rings. The van der Waals surface area contributed by atoms with Gasteiger partial charge in [-0.1, -0.05) is 53.1 Å². The van der Waals surface area contributed by atoms with Crippen LogP contribution in [0.2, 0.25) is 15.1 Å². The Labute approximate surface area is 215 Å². The summed E-state index contributed by atoms with van der Waals surface area (Å²) >= 11 is 22.9. The molecule has 0 bridgehead atoms. The molecule has 0 saturated carbocycles. The van der Waals surface area contributed by atoms with Crippen molar-refractivity contribution in [2.24, 2.45) is 0 Å². The molecule has 0 aliphatic heterocycles. The number of allylic oxidation sites excluding steroid dienone is 1. The zero-order valence-corrected chi connectivity index (χ0v) is 20.6. The number of thiocarbonyl (C=S) groups is 1. The molecule has 0 unspecified atom stereocenters. The summed E-state index contributed by atoms with van der Waals surface area (Å²) in [6, 6.07) is 5.27. The first-order valence-electron chi connectivity index (χ1n) is 9.43. The minimum absolute atomic E-state index is 0.171. The summed E-state index contributed by atoms with van der Waals surface area (Å²) in [6.45, 7) is 1.99. The Bertz CT molecular complexity index is 1130. The number of halogens is 10. The van der Waals surface area contributed by atoms with Crippen molar-refractivity contribution < 1.29 is 36.0 Å². The fraction of sp³-hybridized carbons (Fsp3) is 0.238. The van der Waals surface area contributed by atoms with Gasteiger partial charge in [0.2, 0.25) is 0 Å². The second kappa shape index (κ2) is 11.0. The molecular formula is C21H16Cl3F7N3S+. The normalized spacial score (nSPS) is 13.1. The molecular weight excluding hydrogens is 566 g/mol. The van der Waals surface area contributed by atoms with Crippen molar-refractivity contribution in [1.82, 2.24) is 5.32 Å². The van der Waals surface area contributed by atoms with Crippen molar-refractivity contribution in [2.75, 3.05) is 0 Å². The highest BCUT2D eigenvalue weighted by Gasteiger charge is 2.73. The van der Waals surface area contributed by atoms with Gasteiger partial charge in [-0.2, -0.15) is 26.3 Å². The van der Waals surface area contributed by atoms with Gasteiger partial charge in [0.1, 0.15) is 16.2 Å². The summed E-state index contributed by atoms with van der Waals surface area (Å²) in [5, 5.41) is 10.9. The van der Waals surface area contributed by atoms with Crippen LogP contribution in [0.1, 0.15) is 23.6 Å². The van der Waals surface area contributed by atoms with E-state index < -0.39 is 33.6 Å². The van der Waals surface area contributed by atoms with Crippen molar-refractivity contribution >= 4 is 69.5 Å². The van der Waals surface area contributed by atoms with E-state index in [1.54, 1.807) is 25.1 Å². The summed E-state index contributed by atoms with van der Waals surface area (Å²) in [5.74, 6) is 0. The lowest BCUT2D eigenvalue weighted by Gasteiger charge is -2.30. The minimum atomic E-state index is -6.31. The maximum atomic E-state index is 14.4. The van der Waals surface area contributed by atoms with Crippen LogP contribution in [0, 0.1) is 5.41 Å². The number of benzene rings is 2. The summed E-state index contributed by atoms with van der Waals surface area (Å²) in [6.07, 6.45) is -10.3. The Hall–Kier alpha value is -1.92. The van der Waals surface area contributed by atoms with E-state index in [-0.39, 0.29) is 23.4 Å². The average molecular weight is 582 g/mol. The number of nitrogens with one attached hydrogen (secondary N) is 2. The van der Waals surface area contributed by atoms with Crippen LogP contribution in [0.15, 0.2) is 36.5 Å². The summed E-state index contributed by atoms with van der Waals surface area (Å²) in [4.78, 5) is 0.531. The van der Waals surface area contributed by atoms with Gasteiger partial charge in [-0.15, -0.1) is 0 Å². The number of quaternary nitrogens is 1. The molecule has 0 aromatic heterocycles. The predicted molar refractivity (Wildman–Crippen MR) is 126 cm³/mol. The monoisotopic (exact) mass is 580 g/mol. The molecule has 2 aromatic rings. The van der Waals surface area contributed by atoms with Crippen molar-refractivity contribution in [3.63, 3.8) is 0 Å². The van der Waals surface area contributed by atoms with Gasteiger partial charge in [0, 0.05) is 23.3 Å². The Balaban J connectivity index is 2.45. The van der Waals surface area contributed by atoms with Gasteiger partial charge in [0.05, 0.1) is 10.6 Å². The summed E-state index contributed by atoms with van der Waals surface area (Å²) in [7, 11) is 0. The number of hydrogen-bond donors (Lipinski definition) is 3. The Morgan fingerprint density at radius 3 is 1.97 bits per heavy atom. The van der Waals surface area contributed by atoms with Gasteiger partial charge in [-0.3, -0.25) is 5.32 Å². The van der Waals surface area contributed by atoms with Gasteiger partial charge in [0.25, 0.3) is 0 Å². The van der Waals surface area contributed by atoms with E-state index in [9.17, 15) is 30.7 Å². The molecule has 0 saturated heterocycles. The fourth-order valence-electron chi connectivity index (χ4n) is 2.94. The average Bonchev–Trinajstić information content (AvgIpc) is 2.73. The predicted octanol–water partition coefficient (Wildman–Crippen LogP) is 7.26. The van der Waals surface area contributed by atoms with Gasteiger partial charge >= 0.3 is 18.0 Å². The van der Waals surface area contributed by atoms with Crippen molar-refractivity contribution in [2.45, 2.75) is 31.5 Å². The molecule has 0 atom stereocenters. The third kappa shape index (κ3) is 6.45. The van der Waals surface area contributed by atoms with E-state index in [0.717, 1.165) is 6.21 Å². The van der Waals surface area contributed by atoms with Crippen molar-refractivity contribution in [3.8, 4) is 0 Å². The topological polar surface area (TPSA) is 52.5 Å². The fourth-order valence-corrected chi connectivity index (χ4v) is 3.81. The quantitative estimate of drug-likeness (QED) is 0.140. The molecule has 0 radical (unpaired) electrons. The lowest BCUT2D eigenvalue weighted by atomic mass is 9.94. The van der Waals surface area contributed by atoms with Crippen LogP contribution in [0.25, 0.3) is 5.57 Å². The highest BCUT2D eigenvalue weighted by Crippen LogP contribution is 2.54. The molecule has 190 valence electrons. The Morgan fingerprint density at radius 1 is 0.971 bits per heavy atom. The smallest absolute Gasteiger partial charge is 0.376 e. The molecule has 4 N–H and O–H groups in total. The second-order valence-electron chi connectivity index (χ2n) is 7.16. The van der Waals surface area contributed by atoms with Gasteiger partial charge in [-0.05, 0) is 42.3 Å². The molecule has 2 aromatic carbocycles. The van der Waals surface area contributed by atoms with Crippen LogP contribution in [-0.2, 0) is 12.2 Å². The number of hydrogen-bond acceptors (Lipinski definition) is 2. The molecule has 0 amide bonds. The number of nitrogens with two attached hydrogens (primary N) is 1. The Kier molecular flexibility index (Phi) is 9.21. The molecule has 2 rings (SSSR count). The maximum absolute atomic E-state index is 14.4. The first-order chi connectivity index (χ1) is 16.0. The molecule has 0 spiro atoms. The number of rotatable bonds is 7. The third-order valence-corrected chi connectivity index (χ3v) is 5.89. The summed E-state index contributed by atoms with van der Waals surface area (Å²) in [5.41, 5.74) is -6.19. The molecule has 0 aliphatic rings. The van der Waals surface area contributed by atoms with Gasteiger partial charge in [0.15, 0.2) is 5.69 Å². The molecule has 35 heavy (non-hydrogen) atoms. The van der Waals surface area contributed by atoms with E-state index in [0.29, 0.717) is 27.7 Å². The van der Waals surface area contributed by atoms with E-state index in [2.05, 4.69) is 5.32 Å². The van der Waals surface area contributed by atoms with Crippen LogP contribution in [0.4, 0.5) is 36.4 Å². The Morgan fingerprint density at radius 2 is 1.51 bits per heavy atom. The van der Waals surface area contributed by atoms with Crippen LogP contribution in [-0.4, -0.2) is 23.6 Å². The van der Waals surface area contributed by atoms with Crippen LogP contribution in [0.5, 0.6) is 0 Å². The third-order valence-electron chi connectivity index (χ3n) is 4.75. The van der Waals surface area contributed by atoms with E-state index in [4.69, 9.17) is 52.4 Å². The largest absolute Gasteiger partial charge is 0.435 e. The number of alkyl halides is 7. The standard InChI is InChI=1S/C21H15Cl3F7N3S/c1-10(35)33-8-12-4-11(2-3-15(12)22)13(7-32)9-34-18-16(23)5-14(6-17(18)24)19(25,20(26,27)28)21(29,30)31/h2-7,9,32,34H,8H2,1H3,(H,33,35)/p+1. The van der Waals surface area contributed by atoms with Crippen molar-refractivity contribution in [1.29, 1.82) is 5.41 Å². The zero-order chi connectivity index (χ0) is 26.8. The lowest BCUT2D eigenvalue weighted by Crippen LogP contribution is -2.71. The molecule has 0 heterocycles. The second-order valence-corrected chi connectivity index (χ2v) is 8.99. The molecule has 14 heteroatoms. The summed E-state index contributed by atoms with van der Waals surface area (Å²) < 4.78 is 92.7. The van der Waals surface area contributed by atoms with E-state index in [1.165, 1.54) is 11.5 Å². The molecule has 3 nitrogen and oxygen atoms in total. The van der Waals surface area contributed by atoms with Crippen LogP contribution >= 0.6 is 47.0 Å². The highest BCUT2D eigenvalue weighted by molar-refractivity contribution is 7.80. The van der Waals surface area contributed by atoms with Gasteiger partial charge < -0.3 is 10.7 Å². The van der Waals surface area contributed by atoms with Crippen molar-refractivity contribution in [3.05, 3.63) is 68.3 Å². The first-order valence-corrected chi connectivity index (χ1v) is 11.0.